The standard InChI is InChI=1S/C15H22N2O/c1-3-4-9-17(13-7-8-13)15(18)12-6-5-11(2)14(16)10-12/h5-6,10,13H,3-4,7-9,16H2,1-2H3. The molecule has 0 bridgehead atoms. The van der Waals surface area contributed by atoms with E-state index < -0.39 is 0 Å². The molecule has 1 fully saturated rings. The zero-order valence-corrected chi connectivity index (χ0v) is 11.3. The maximum absolute atomic E-state index is 12.5. The Kier molecular flexibility index (Phi) is 3.90. The first kappa shape index (κ1) is 12.9. The van der Waals surface area contributed by atoms with Gasteiger partial charge in [-0.1, -0.05) is 19.4 Å². The highest BCUT2D eigenvalue weighted by Crippen LogP contribution is 2.29. The predicted octanol–water partition coefficient (Wildman–Crippen LogP) is 2.98. The van der Waals surface area contributed by atoms with Gasteiger partial charge in [-0.25, -0.2) is 0 Å². The highest BCUT2D eigenvalue weighted by atomic mass is 16.2. The maximum atomic E-state index is 12.5. The zero-order valence-electron chi connectivity index (χ0n) is 11.3. The van der Waals surface area contributed by atoms with E-state index in [1.54, 1.807) is 6.07 Å². The van der Waals surface area contributed by atoms with Crippen molar-refractivity contribution in [2.24, 2.45) is 0 Å². The molecule has 1 aliphatic rings. The van der Waals surface area contributed by atoms with Crippen molar-refractivity contribution in [3.63, 3.8) is 0 Å². The second-order valence-electron chi connectivity index (χ2n) is 5.15. The minimum absolute atomic E-state index is 0.137. The van der Waals surface area contributed by atoms with Crippen molar-refractivity contribution >= 4 is 11.6 Å². The number of carbonyl (C=O) groups excluding carboxylic acids is 1. The summed E-state index contributed by atoms with van der Waals surface area (Å²) in [6.07, 6.45) is 4.49. The molecule has 0 aliphatic heterocycles. The van der Waals surface area contributed by atoms with Crippen LogP contribution in [0.5, 0.6) is 0 Å². The van der Waals surface area contributed by atoms with E-state index in [4.69, 9.17) is 5.73 Å². The number of benzene rings is 1. The predicted molar refractivity (Wildman–Crippen MR) is 74.6 cm³/mol. The van der Waals surface area contributed by atoms with Gasteiger partial charge in [0.05, 0.1) is 0 Å². The summed E-state index contributed by atoms with van der Waals surface area (Å²) in [6, 6.07) is 6.08. The zero-order chi connectivity index (χ0) is 13.1. The molecule has 0 aromatic heterocycles. The summed E-state index contributed by atoms with van der Waals surface area (Å²) < 4.78 is 0. The van der Waals surface area contributed by atoms with Crippen LogP contribution in [0.2, 0.25) is 0 Å². The third kappa shape index (κ3) is 2.84. The number of carbonyl (C=O) groups is 1. The Morgan fingerprint density at radius 2 is 2.17 bits per heavy atom. The summed E-state index contributed by atoms with van der Waals surface area (Å²) >= 11 is 0. The number of amides is 1. The Balaban J connectivity index is 2.13. The smallest absolute Gasteiger partial charge is 0.254 e. The van der Waals surface area contributed by atoms with Gasteiger partial charge in [-0.3, -0.25) is 4.79 Å². The number of nitrogens with zero attached hydrogens (tertiary/aromatic N) is 1. The first-order valence-electron chi connectivity index (χ1n) is 6.80. The Morgan fingerprint density at radius 1 is 1.44 bits per heavy atom. The summed E-state index contributed by atoms with van der Waals surface area (Å²) in [5.74, 6) is 0.137. The number of aryl methyl sites for hydroxylation is 1. The van der Waals surface area contributed by atoms with Crippen LogP contribution < -0.4 is 5.73 Å². The summed E-state index contributed by atoms with van der Waals surface area (Å²) in [6.45, 7) is 4.98. The molecule has 0 atom stereocenters. The molecule has 1 aliphatic carbocycles. The Morgan fingerprint density at radius 3 is 2.72 bits per heavy atom. The second-order valence-corrected chi connectivity index (χ2v) is 5.15. The van der Waals surface area contributed by atoms with Crippen molar-refractivity contribution < 1.29 is 4.79 Å². The van der Waals surface area contributed by atoms with Crippen LogP contribution in [-0.2, 0) is 0 Å². The molecule has 3 nitrogen and oxygen atoms in total. The maximum Gasteiger partial charge on any atom is 0.254 e. The Hall–Kier alpha value is -1.51. The molecule has 98 valence electrons. The van der Waals surface area contributed by atoms with E-state index in [-0.39, 0.29) is 5.91 Å². The van der Waals surface area contributed by atoms with Crippen molar-refractivity contribution in [1.82, 2.24) is 4.90 Å². The molecular formula is C15H22N2O. The monoisotopic (exact) mass is 246 g/mol. The lowest BCUT2D eigenvalue weighted by Crippen LogP contribution is -2.34. The van der Waals surface area contributed by atoms with Gasteiger partial charge in [-0.2, -0.15) is 0 Å². The number of unbranched alkanes of at least 4 members (excludes halogenated alkanes) is 1. The largest absolute Gasteiger partial charge is 0.398 e. The minimum Gasteiger partial charge on any atom is -0.398 e. The quantitative estimate of drug-likeness (QED) is 0.812. The molecule has 18 heavy (non-hydrogen) atoms. The van der Waals surface area contributed by atoms with Crippen LogP contribution in [0.25, 0.3) is 0 Å². The van der Waals surface area contributed by atoms with Crippen LogP contribution in [0, 0.1) is 6.92 Å². The molecule has 1 saturated carbocycles. The minimum atomic E-state index is 0.137. The molecule has 1 amide bonds. The Labute approximate surface area is 109 Å². The number of nitrogen functional groups attached to an aromatic ring is 1. The third-order valence-corrected chi connectivity index (χ3v) is 3.53. The fourth-order valence-electron chi connectivity index (χ4n) is 2.10. The summed E-state index contributed by atoms with van der Waals surface area (Å²) in [5.41, 5.74) is 8.33. The molecule has 0 saturated heterocycles. The van der Waals surface area contributed by atoms with Gasteiger partial charge >= 0.3 is 0 Å². The lowest BCUT2D eigenvalue weighted by atomic mass is 10.1. The van der Waals surface area contributed by atoms with Crippen molar-refractivity contribution in [1.29, 1.82) is 0 Å². The Bertz CT molecular complexity index is 438. The average molecular weight is 246 g/mol. The van der Waals surface area contributed by atoms with E-state index in [2.05, 4.69) is 6.92 Å². The first-order valence-corrected chi connectivity index (χ1v) is 6.80. The normalized spacial score (nSPS) is 14.6. The van der Waals surface area contributed by atoms with E-state index in [1.807, 2.05) is 24.0 Å². The molecule has 0 heterocycles. The van der Waals surface area contributed by atoms with Crippen LogP contribution >= 0.6 is 0 Å². The molecule has 2 rings (SSSR count). The van der Waals surface area contributed by atoms with Crippen LogP contribution in [-0.4, -0.2) is 23.4 Å². The molecule has 2 N–H and O–H groups in total. The number of rotatable bonds is 5. The van der Waals surface area contributed by atoms with E-state index in [0.29, 0.717) is 11.7 Å². The summed E-state index contributed by atoms with van der Waals surface area (Å²) in [5, 5.41) is 0. The van der Waals surface area contributed by atoms with E-state index in [0.717, 1.165) is 43.4 Å². The molecule has 0 radical (unpaired) electrons. The SMILES string of the molecule is CCCCN(C(=O)c1ccc(C)c(N)c1)C1CC1. The van der Waals surface area contributed by atoms with Crippen molar-refractivity contribution in [3.05, 3.63) is 29.3 Å². The topological polar surface area (TPSA) is 46.3 Å². The van der Waals surface area contributed by atoms with Gasteiger partial charge in [0.1, 0.15) is 0 Å². The van der Waals surface area contributed by atoms with E-state index >= 15 is 0 Å². The van der Waals surface area contributed by atoms with Crippen molar-refractivity contribution in [2.45, 2.75) is 45.6 Å². The number of anilines is 1. The van der Waals surface area contributed by atoms with Gasteiger partial charge in [0, 0.05) is 23.8 Å². The number of hydrogen-bond donors (Lipinski definition) is 1. The van der Waals surface area contributed by atoms with Gasteiger partial charge in [0.25, 0.3) is 5.91 Å². The van der Waals surface area contributed by atoms with Crippen molar-refractivity contribution in [3.8, 4) is 0 Å². The molecule has 0 spiro atoms. The van der Waals surface area contributed by atoms with Gasteiger partial charge in [0.15, 0.2) is 0 Å². The number of hydrogen-bond acceptors (Lipinski definition) is 2. The van der Waals surface area contributed by atoms with Gasteiger partial charge in [0.2, 0.25) is 0 Å². The summed E-state index contributed by atoms with van der Waals surface area (Å²) in [4.78, 5) is 14.5. The molecule has 3 heteroatoms. The van der Waals surface area contributed by atoms with Crippen molar-refractivity contribution in [2.75, 3.05) is 12.3 Å². The van der Waals surface area contributed by atoms with Crippen LogP contribution in [0.3, 0.4) is 0 Å². The average Bonchev–Trinajstić information content (AvgIpc) is 3.17. The van der Waals surface area contributed by atoms with E-state index in [1.165, 1.54) is 0 Å². The number of nitrogens with two attached hydrogens (primary N) is 1. The first-order chi connectivity index (χ1) is 8.63. The molecule has 1 aromatic rings. The van der Waals surface area contributed by atoms with Crippen LogP contribution in [0.15, 0.2) is 18.2 Å². The molecule has 1 aromatic carbocycles. The van der Waals surface area contributed by atoms with Gasteiger partial charge < -0.3 is 10.6 Å². The highest BCUT2D eigenvalue weighted by Gasteiger charge is 2.32. The molecule has 0 unspecified atom stereocenters. The van der Waals surface area contributed by atoms with Crippen LogP contribution in [0.4, 0.5) is 5.69 Å². The second kappa shape index (κ2) is 5.42. The lowest BCUT2D eigenvalue weighted by molar-refractivity contribution is 0.0741. The van der Waals surface area contributed by atoms with Crippen LogP contribution in [0.1, 0.15) is 48.5 Å². The molecular weight excluding hydrogens is 224 g/mol. The highest BCUT2D eigenvalue weighted by molar-refractivity contribution is 5.95. The van der Waals surface area contributed by atoms with E-state index in [9.17, 15) is 4.79 Å². The summed E-state index contributed by atoms with van der Waals surface area (Å²) in [7, 11) is 0. The van der Waals surface area contributed by atoms with Gasteiger partial charge in [-0.15, -0.1) is 0 Å². The van der Waals surface area contributed by atoms with Gasteiger partial charge in [-0.05, 0) is 43.9 Å². The fourth-order valence-corrected chi connectivity index (χ4v) is 2.10. The fraction of sp³-hybridized carbons (Fsp3) is 0.533. The lowest BCUT2D eigenvalue weighted by Gasteiger charge is -2.22. The third-order valence-electron chi connectivity index (χ3n) is 3.53.